The average molecular weight is 278 g/mol. The summed E-state index contributed by atoms with van der Waals surface area (Å²) in [7, 11) is -3.15. The molecule has 0 spiro atoms. The Bertz CT molecular complexity index is 377. The van der Waals surface area contributed by atoms with Crippen molar-refractivity contribution in [1.29, 1.82) is 0 Å². The molecule has 0 aromatic heterocycles. The van der Waals surface area contributed by atoms with E-state index >= 15 is 0 Å². The lowest BCUT2D eigenvalue weighted by Crippen LogP contribution is -2.50. The molecule has 0 saturated carbocycles. The summed E-state index contributed by atoms with van der Waals surface area (Å²) in [6, 6.07) is -0.273. The molecule has 0 aliphatic carbocycles. The third-order valence-corrected chi connectivity index (χ3v) is 5.38. The van der Waals surface area contributed by atoms with E-state index in [0.717, 1.165) is 6.42 Å². The average Bonchev–Trinajstić information content (AvgIpc) is 2.23. The fourth-order valence-corrected chi connectivity index (χ4v) is 1.44. The molecule has 18 heavy (non-hydrogen) atoms. The SMILES string of the molecule is CCC(C)NC(=O)C(C)NCC(C)(C)S(C)(=O)=O. The van der Waals surface area contributed by atoms with Gasteiger partial charge in [-0.1, -0.05) is 6.92 Å². The van der Waals surface area contributed by atoms with Crippen LogP contribution in [0.25, 0.3) is 0 Å². The van der Waals surface area contributed by atoms with Gasteiger partial charge in [-0.2, -0.15) is 0 Å². The first-order valence-electron chi connectivity index (χ1n) is 6.24. The molecule has 0 aliphatic heterocycles. The topological polar surface area (TPSA) is 75.3 Å². The Kier molecular flexibility index (Phi) is 6.29. The van der Waals surface area contributed by atoms with E-state index in [1.807, 2.05) is 13.8 Å². The first-order chi connectivity index (χ1) is 8.01. The van der Waals surface area contributed by atoms with Crippen molar-refractivity contribution in [3.63, 3.8) is 0 Å². The Morgan fingerprint density at radius 2 is 1.78 bits per heavy atom. The molecule has 0 heterocycles. The lowest BCUT2D eigenvalue weighted by atomic mass is 10.2. The van der Waals surface area contributed by atoms with Gasteiger partial charge in [-0.3, -0.25) is 4.79 Å². The van der Waals surface area contributed by atoms with Crippen LogP contribution in [0.5, 0.6) is 0 Å². The molecule has 0 aromatic rings. The molecule has 0 fully saturated rings. The van der Waals surface area contributed by atoms with Crippen molar-refractivity contribution in [1.82, 2.24) is 10.6 Å². The Morgan fingerprint density at radius 1 is 1.28 bits per heavy atom. The molecule has 0 rings (SSSR count). The lowest BCUT2D eigenvalue weighted by molar-refractivity contribution is -0.123. The van der Waals surface area contributed by atoms with Crippen molar-refractivity contribution in [2.75, 3.05) is 12.8 Å². The number of amides is 1. The molecule has 5 nitrogen and oxygen atoms in total. The van der Waals surface area contributed by atoms with Crippen molar-refractivity contribution in [3.05, 3.63) is 0 Å². The second-order valence-electron chi connectivity index (χ2n) is 5.45. The maximum absolute atomic E-state index is 11.8. The van der Waals surface area contributed by atoms with Crippen LogP contribution >= 0.6 is 0 Å². The molecule has 2 unspecified atom stereocenters. The van der Waals surface area contributed by atoms with E-state index in [0.29, 0.717) is 0 Å². The van der Waals surface area contributed by atoms with E-state index in [9.17, 15) is 13.2 Å². The van der Waals surface area contributed by atoms with Gasteiger partial charge in [-0.25, -0.2) is 8.42 Å². The van der Waals surface area contributed by atoms with E-state index < -0.39 is 20.6 Å². The zero-order valence-electron chi connectivity index (χ0n) is 12.2. The van der Waals surface area contributed by atoms with Gasteiger partial charge in [0, 0.05) is 18.8 Å². The van der Waals surface area contributed by atoms with Crippen LogP contribution in [0.3, 0.4) is 0 Å². The molecule has 2 N–H and O–H groups in total. The molecule has 0 bridgehead atoms. The molecule has 0 radical (unpaired) electrons. The number of carbonyl (C=O) groups is 1. The monoisotopic (exact) mass is 278 g/mol. The zero-order valence-corrected chi connectivity index (χ0v) is 13.0. The second-order valence-corrected chi connectivity index (χ2v) is 8.10. The molecule has 2 atom stereocenters. The first-order valence-corrected chi connectivity index (χ1v) is 8.13. The first kappa shape index (κ1) is 17.4. The number of rotatable bonds is 7. The fraction of sp³-hybridized carbons (Fsp3) is 0.917. The van der Waals surface area contributed by atoms with Gasteiger partial charge in [-0.15, -0.1) is 0 Å². The van der Waals surface area contributed by atoms with E-state index in [2.05, 4.69) is 10.6 Å². The molecule has 6 heteroatoms. The van der Waals surface area contributed by atoms with E-state index in [1.165, 1.54) is 6.26 Å². The minimum Gasteiger partial charge on any atom is -0.352 e. The summed E-state index contributed by atoms with van der Waals surface area (Å²) in [5, 5.41) is 5.82. The molecule has 0 aromatic carbocycles. The van der Waals surface area contributed by atoms with Crippen LogP contribution in [-0.4, -0.2) is 44.0 Å². The van der Waals surface area contributed by atoms with Crippen LogP contribution < -0.4 is 10.6 Å². The molecule has 1 amide bonds. The third kappa shape index (κ3) is 5.35. The molecule has 108 valence electrons. The molecule has 0 aliphatic rings. The van der Waals surface area contributed by atoms with Gasteiger partial charge in [-0.05, 0) is 34.1 Å². The van der Waals surface area contributed by atoms with E-state index in [1.54, 1.807) is 20.8 Å². The van der Waals surface area contributed by atoms with Gasteiger partial charge in [0.2, 0.25) is 5.91 Å². The minimum atomic E-state index is -3.15. The number of carbonyl (C=O) groups excluding carboxylic acids is 1. The van der Waals surface area contributed by atoms with E-state index in [4.69, 9.17) is 0 Å². The largest absolute Gasteiger partial charge is 0.352 e. The highest BCUT2D eigenvalue weighted by atomic mass is 32.2. The van der Waals surface area contributed by atoms with Gasteiger partial charge in [0.05, 0.1) is 10.8 Å². The maximum atomic E-state index is 11.8. The molecule has 0 saturated heterocycles. The van der Waals surface area contributed by atoms with Crippen LogP contribution in [0, 0.1) is 0 Å². The van der Waals surface area contributed by atoms with Crippen molar-refractivity contribution in [2.45, 2.75) is 57.9 Å². The van der Waals surface area contributed by atoms with Gasteiger partial charge in [0.15, 0.2) is 9.84 Å². The molecular weight excluding hydrogens is 252 g/mol. The summed E-state index contributed by atoms with van der Waals surface area (Å²) >= 11 is 0. The van der Waals surface area contributed by atoms with E-state index in [-0.39, 0.29) is 18.5 Å². The molecular formula is C12H26N2O3S. The van der Waals surface area contributed by atoms with Crippen LogP contribution in [0.1, 0.15) is 41.0 Å². The standard InChI is InChI=1S/C12H26N2O3S/c1-7-9(2)14-11(15)10(3)13-8-12(4,5)18(6,16)17/h9-10,13H,7-8H2,1-6H3,(H,14,15). The predicted octanol–water partition coefficient (Wildman–Crippen LogP) is 0.702. The zero-order chi connectivity index (χ0) is 14.6. The highest BCUT2D eigenvalue weighted by Gasteiger charge is 2.30. The summed E-state index contributed by atoms with van der Waals surface area (Å²) in [6.07, 6.45) is 2.08. The van der Waals surface area contributed by atoms with Crippen LogP contribution in [0.4, 0.5) is 0 Å². The lowest BCUT2D eigenvalue weighted by Gasteiger charge is -2.25. The number of hydrogen-bond donors (Lipinski definition) is 2. The quantitative estimate of drug-likeness (QED) is 0.719. The van der Waals surface area contributed by atoms with Crippen LogP contribution in [0.2, 0.25) is 0 Å². The highest BCUT2D eigenvalue weighted by Crippen LogP contribution is 2.13. The van der Waals surface area contributed by atoms with Gasteiger partial charge in [0.25, 0.3) is 0 Å². The Balaban J connectivity index is 4.35. The Hall–Kier alpha value is -0.620. The van der Waals surface area contributed by atoms with Crippen molar-refractivity contribution < 1.29 is 13.2 Å². The maximum Gasteiger partial charge on any atom is 0.237 e. The van der Waals surface area contributed by atoms with Gasteiger partial charge < -0.3 is 10.6 Å². The number of sulfone groups is 1. The second kappa shape index (κ2) is 6.52. The summed E-state index contributed by atoms with van der Waals surface area (Å²) < 4.78 is 22.2. The summed E-state index contributed by atoms with van der Waals surface area (Å²) in [5.41, 5.74) is 0. The van der Waals surface area contributed by atoms with Gasteiger partial charge in [0.1, 0.15) is 0 Å². The van der Waals surface area contributed by atoms with Crippen LogP contribution in [0.15, 0.2) is 0 Å². The van der Waals surface area contributed by atoms with Gasteiger partial charge >= 0.3 is 0 Å². The summed E-state index contributed by atoms with van der Waals surface area (Å²) in [5.74, 6) is -0.103. The summed E-state index contributed by atoms with van der Waals surface area (Å²) in [6.45, 7) is 9.21. The normalized spacial score (nSPS) is 16.1. The Morgan fingerprint density at radius 3 is 2.17 bits per heavy atom. The fourth-order valence-electron chi connectivity index (χ4n) is 1.09. The summed E-state index contributed by atoms with van der Waals surface area (Å²) in [4.78, 5) is 11.8. The van der Waals surface area contributed by atoms with Crippen molar-refractivity contribution >= 4 is 15.7 Å². The minimum absolute atomic E-state index is 0.103. The highest BCUT2D eigenvalue weighted by molar-refractivity contribution is 7.92. The smallest absolute Gasteiger partial charge is 0.237 e. The predicted molar refractivity (Wildman–Crippen MR) is 74.3 cm³/mol. The van der Waals surface area contributed by atoms with Crippen molar-refractivity contribution in [2.24, 2.45) is 0 Å². The van der Waals surface area contributed by atoms with Crippen molar-refractivity contribution in [3.8, 4) is 0 Å². The van der Waals surface area contributed by atoms with Crippen LogP contribution in [-0.2, 0) is 14.6 Å². The number of nitrogens with one attached hydrogen (secondary N) is 2. The third-order valence-electron chi connectivity index (χ3n) is 3.23. The number of hydrogen-bond acceptors (Lipinski definition) is 4. The Labute approximate surface area is 111 Å².